The molecule has 0 bridgehead atoms. The van der Waals surface area contributed by atoms with Crippen molar-refractivity contribution in [2.75, 3.05) is 63.1 Å². The number of Topliss-reactive ketones (excluding diaryl/α,β-unsaturated/α-hetero) is 2. The lowest BCUT2D eigenvalue weighted by atomic mass is 9.81. The third-order valence-electron chi connectivity index (χ3n) is 7.99. The number of phenols is 2. The molecule has 52 heavy (non-hydrogen) atoms. The van der Waals surface area contributed by atoms with Crippen molar-refractivity contribution in [3.05, 3.63) is 99.1 Å². The standard InChI is InChI=1S/C22H28N4O6.C15H14O3.2ClH/c27-11-9-23-5-7-25-13-1-2-14(26-8-6-24-10-12-28)18-17(13)21(31)19-15(29)3-4-16(30)20(19)22(18)32;1-9(2)7-8-12-13(16)10-5-3-4-6-11(10)14(17)15(12)18;;/h1-4,23-30H,5-12H2;3-7,16H,8H2,1-2H3;2*1H. The monoisotopic (exact) mass is 758 g/mol. The molecule has 15 heteroatoms. The van der Waals surface area contributed by atoms with E-state index < -0.39 is 23.1 Å². The average Bonchev–Trinajstić information content (AvgIpc) is 3.10. The summed E-state index contributed by atoms with van der Waals surface area (Å²) >= 11 is 0. The fourth-order valence-electron chi connectivity index (χ4n) is 5.55. The lowest BCUT2D eigenvalue weighted by molar-refractivity contribution is -0.112. The van der Waals surface area contributed by atoms with Crippen molar-refractivity contribution in [1.82, 2.24) is 10.6 Å². The van der Waals surface area contributed by atoms with Crippen molar-refractivity contribution in [2.24, 2.45) is 0 Å². The molecule has 9 N–H and O–H groups in total. The van der Waals surface area contributed by atoms with E-state index >= 15 is 0 Å². The zero-order valence-corrected chi connectivity index (χ0v) is 30.4. The summed E-state index contributed by atoms with van der Waals surface area (Å²) in [6.07, 6.45) is 2.11. The Hall–Kier alpha value is -4.76. The first-order chi connectivity index (χ1) is 24.0. The maximum absolute atomic E-state index is 13.4. The number of anilines is 2. The molecule has 2 aliphatic carbocycles. The Kier molecular flexibility index (Phi) is 17.0. The minimum Gasteiger partial charge on any atom is -0.507 e. The Balaban J connectivity index is 0.000000399. The Bertz CT molecular complexity index is 1780. The molecule has 3 aromatic carbocycles. The minimum atomic E-state index is -0.608. The number of aromatic hydroxyl groups is 2. The van der Waals surface area contributed by atoms with Crippen LogP contribution >= 0.6 is 24.8 Å². The molecule has 13 nitrogen and oxygen atoms in total. The van der Waals surface area contributed by atoms with E-state index in [9.17, 15) is 34.5 Å². The highest BCUT2D eigenvalue weighted by molar-refractivity contribution is 6.52. The summed E-state index contributed by atoms with van der Waals surface area (Å²) in [5, 5.41) is 60.7. The van der Waals surface area contributed by atoms with Crippen molar-refractivity contribution < 1.29 is 44.7 Å². The second kappa shape index (κ2) is 20.3. The number of fused-ring (bicyclic) bond motifs is 3. The Morgan fingerprint density at radius 2 is 1.04 bits per heavy atom. The first-order valence-corrected chi connectivity index (χ1v) is 16.2. The summed E-state index contributed by atoms with van der Waals surface area (Å²) in [5.41, 5.74) is 2.62. The summed E-state index contributed by atoms with van der Waals surface area (Å²) in [7, 11) is 0. The summed E-state index contributed by atoms with van der Waals surface area (Å²) < 4.78 is 0. The molecule has 0 radical (unpaired) electrons. The largest absolute Gasteiger partial charge is 0.507 e. The second-order valence-electron chi connectivity index (χ2n) is 11.7. The van der Waals surface area contributed by atoms with Crippen LogP contribution in [0.1, 0.15) is 68.0 Å². The third-order valence-corrected chi connectivity index (χ3v) is 7.99. The van der Waals surface area contributed by atoms with Crippen LogP contribution in [0.4, 0.5) is 11.4 Å². The summed E-state index contributed by atoms with van der Waals surface area (Å²) in [4.78, 5) is 50.6. The van der Waals surface area contributed by atoms with Crippen LogP contribution in [0.3, 0.4) is 0 Å². The Labute approximate surface area is 313 Å². The van der Waals surface area contributed by atoms with E-state index in [0.29, 0.717) is 56.2 Å². The SMILES string of the molecule is CC(C)=CCC1=C(O)c2ccccc2C(=O)C1=O.Cl.Cl.O=C1c2c(O)ccc(O)c2C(=O)c2c(NCCNCCO)ccc(NCCNCCO)c21. The zero-order chi connectivity index (χ0) is 36.4. The van der Waals surface area contributed by atoms with Crippen molar-refractivity contribution in [3.63, 3.8) is 0 Å². The number of aliphatic hydroxyl groups is 3. The summed E-state index contributed by atoms with van der Waals surface area (Å²) in [5.74, 6) is -3.09. The number of rotatable bonds is 14. The topological polar surface area (TPSA) is 218 Å². The maximum atomic E-state index is 13.4. The minimum absolute atomic E-state index is 0. The molecule has 0 aromatic heterocycles. The number of allylic oxidation sites excluding steroid dienone is 3. The van der Waals surface area contributed by atoms with Crippen molar-refractivity contribution in [2.45, 2.75) is 20.3 Å². The van der Waals surface area contributed by atoms with Gasteiger partial charge in [-0.2, -0.15) is 0 Å². The van der Waals surface area contributed by atoms with Gasteiger partial charge in [0.2, 0.25) is 23.1 Å². The van der Waals surface area contributed by atoms with Gasteiger partial charge in [-0.05, 0) is 44.5 Å². The molecule has 0 heterocycles. The number of phenolic OH excluding ortho intramolecular Hbond substituents is 2. The van der Waals surface area contributed by atoms with Gasteiger partial charge in [0, 0.05) is 67.3 Å². The van der Waals surface area contributed by atoms with E-state index in [0.717, 1.165) is 5.57 Å². The molecule has 0 unspecified atom stereocenters. The molecule has 0 atom stereocenters. The van der Waals surface area contributed by atoms with Crippen LogP contribution in [0.25, 0.3) is 5.76 Å². The smallest absolute Gasteiger partial charge is 0.234 e. The molecule has 0 amide bonds. The Morgan fingerprint density at radius 3 is 1.48 bits per heavy atom. The third kappa shape index (κ3) is 9.76. The van der Waals surface area contributed by atoms with Gasteiger partial charge >= 0.3 is 0 Å². The second-order valence-corrected chi connectivity index (χ2v) is 11.7. The zero-order valence-electron chi connectivity index (χ0n) is 28.7. The van der Waals surface area contributed by atoms with Gasteiger partial charge in [-0.1, -0.05) is 35.9 Å². The van der Waals surface area contributed by atoms with Gasteiger partial charge in [0.15, 0.2) is 0 Å². The average molecular weight is 760 g/mol. The quantitative estimate of drug-likeness (QED) is 0.0388. The number of carbonyl (C=O) groups excluding carboxylic acids is 4. The Morgan fingerprint density at radius 1 is 0.577 bits per heavy atom. The van der Waals surface area contributed by atoms with E-state index in [1.54, 1.807) is 36.4 Å². The number of halogens is 2. The predicted octanol–water partition coefficient (Wildman–Crippen LogP) is 3.78. The van der Waals surface area contributed by atoms with Crippen LogP contribution in [-0.2, 0) is 4.79 Å². The van der Waals surface area contributed by atoms with Crippen LogP contribution in [0.2, 0.25) is 0 Å². The van der Waals surface area contributed by atoms with Crippen molar-refractivity contribution in [3.8, 4) is 11.5 Å². The van der Waals surface area contributed by atoms with E-state index in [-0.39, 0.29) is 95.1 Å². The van der Waals surface area contributed by atoms with Crippen LogP contribution in [-0.4, -0.2) is 101 Å². The maximum Gasteiger partial charge on any atom is 0.234 e. The molecular formula is C37H44Cl2N4O9. The number of hydrogen-bond donors (Lipinski definition) is 9. The van der Waals surface area contributed by atoms with Crippen LogP contribution in [0, 0.1) is 0 Å². The van der Waals surface area contributed by atoms with Gasteiger partial charge in [-0.3, -0.25) is 19.2 Å². The predicted molar refractivity (Wildman–Crippen MR) is 204 cm³/mol. The van der Waals surface area contributed by atoms with Gasteiger partial charge in [0.1, 0.15) is 17.3 Å². The van der Waals surface area contributed by atoms with Crippen LogP contribution < -0.4 is 21.3 Å². The van der Waals surface area contributed by atoms with E-state index in [1.807, 2.05) is 19.9 Å². The normalized spacial score (nSPS) is 12.7. The van der Waals surface area contributed by atoms with Crippen molar-refractivity contribution >= 4 is 65.1 Å². The number of carbonyl (C=O) groups is 4. The van der Waals surface area contributed by atoms with E-state index in [4.69, 9.17) is 10.2 Å². The van der Waals surface area contributed by atoms with Gasteiger partial charge in [-0.25, -0.2) is 0 Å². The number of benzene rings is 3. The van der Waals surface area contributed by atoms with Gasteiger partial charge in [0.25, 0.3) is 0 Å². The molecule has 0 spiro atoms. The first kappa shape index (κ1) is 43.4. The molecule has 3 aromatic rings. The molecule has 280 valence electrons. The molecule has 2 aliphatic rings. The van der Waals surface area contributed by atoms with Crippen LogP contribution in [0.15, 0.2) is 65.8 Å². The lowest BCUT2D eigenvalue weighted by Gasteiger charge is -2.25. The number of nitrogens with one attached hydrogen (secondary N) is 4. The van der Waals surface area contributed by atoms with Crippen molar-refractivity contribution in [1.29, 1.82) is 0 Å². The fourth-order valence-corrected chi connectivity index (χ4v) is 5.55. The number of aliphatic hydroxyl groups excluding tert-OH is 3. The highest BCUT2D eigenvalue weighted by Crippen LogP contribution is 2.42. The molecule has 0 saturated carbocycles. The lowest BCUT2D eigenvalue weighted by Crippen LogP contribution is -2.28. The number of ketones is 4. The summed E-state index contributed by atoms with van der Waals surface area (Å²) in [6.45, 7) is 6.62. The summed E-state index contributed by atoms with van der Waals surface area (Å²) in [6, 6.07) is 12.4. The number of hydrogen-bond acceptors (Lipinski definition) is 13. The highest BCUT2D eigenvalue weighted by Gasteiger charge is 2.38. The van der Waals surface area contributed by atoms with Crippen LogP contribution in [0.5, 0.6) is 11.5 Å². The first-order valence-electron chi connectivity index (χ1n) is 16.2. The van der Waals surface area contributed by atoms with Gasteiger partial charge in [0.05, 0.1) is 35.5 Å². The fraction of sp³-hybridized carbons (Fsp3) is 0.297. The molecule has 5 rings (SSSR count). The highest BCUT2D eigenvalue weighted by atomic mass is 35.5. The van der Waals surface area contributed by atoms with Gasteiger partial charge in [-0.15, -0.1) is 24.8 Å². The molecule has 0 fully saturated rings. The molecule has 0 aliphatic heterocycles. The van der Waals surface area contributed by atoms with Gasteiger partial charge < -0.3 is 46.8 Å². The van der Waals surface area contributed by atoms with E-state index in [2.05, 4.69) is 21.3 Å². The van der Waals surface area contributed by atoms with E-state index in [1.165, 1.54) is 12.1 Å². The molecule has 0 saturated heterocycles. The molecular weight excluding hydrogens is 715 g/mol.